The minimum atomic E-state index is -0.363. The van der Waals surface area contributed by atoms with Gasteiger partial charge in [-0.3, -0.25) is 4.79 Å². The molecular weight excluding hydrogens is 330 g/mol. The molecule has 4 heteroatoms. The monoisotopic (exact) mass is 351 g/mol. The number of β-lactam (4-membered cyclic amide) rings is 1. The van der Waals surface area contributed by atoms with Crippen LogP contribution in [0.5, 0.6) is 0 Å². The van der Waals surface area contributed by atoms with Crippen molar-refractivity contribution in [3.05, 3.63) is 48.6 Å². The molecule has 0 N–H and O–H groups in total. The average Bonchev–Trinajstić information content (AvgIpc) is 2.50. The van der Waals surface area contributed by atoms with E-state index in [0.29, 0.717) is 13.2 Å². The number of hydrogen-bond donors (Lipinski definition) is 0. The first-order valence-corrected chi connectivity index (χ1v) is 8.26. The predicted molar refractivity (Wildman–Crippen MR) is 88.3 cm³/mol. The molecule has 1 saturated heterocycles. The Hall–Kier alpha value is -1.13. The maximum Gasteiger partial charge on any atom is 0.254 e. The van der Waals surface area contributed by atoms with Gasteiger partial charge in [-0.25, -0.2) is 0 Å². The Morgan fingerprint density at radius 3 is 2.62 bits per heavy atom. The molecule has 1 heterocycles. The van der Waals surface area contributed by atoms with Crippen molar-refractivity contribution in [1.82, 2.24) is 4.90 Å². The zero-order valence-electron chi connectivity index (χ0n) is 12.6. The van der Waals surface area contributed by atoms with Crippen molar-refractivity contribution in [2.75, 3.05) is 11.9 Å². The number of ether oxygens (including phenoxy) is 1. The summed E-state index contributed by atoms with van der Waals surface area (Å²) in [4.78, 5) is 14.1. The maximum atomic E-state index is 12.3. The molecule has 1 aliphatic heterocycles. The highest BCUT2D eigenvalue weighted by atomic mass is 79.9. The predicted octanol–water partition coefficient (Wildman–Crippen LogP) is 3.39. The summed E-state index contributed by atoms with van der Waals surface area (Å²) >= 11 is 3.55. The van der Waals surface area contributed by atoms with Crippen molar-refractivity contribution in [3.8, 4) is 0 Å². The van der Waals surface area contributed by atoms with E-state index >= 15 is 0 Å². The van der Waals surface area contributed by atoms with Crippen LogP contribution in [0.1, 0.15) is 19.4 Å². The highest BCUT2D eigenvalue weighted by molar-refractivity contribution is 9.09. The van der Waals surface area contributed by atoms with Crippen molar-refractivity contribution in [3.63, 3.8) is 0 Å². The SMILES string of the molecule is C=CCN1C(=O)[C@@H](OCc2ccccc2)[C@H]1C(C)(C)CBr. The second-order valence-corrected chi connectivity index (χ2v) is 6.62. The normalized spacial score (nSPS) is 22.0. The Morgan fingerprint density at radius 2 is 2.05 bits per heavy atom. The second-order valence-electron chi connectivity index (χ2n) is 6.06. The summed E-state index contributed by atoms with van der Waals surface area (Å²) in [5.41, 5.74) is 1.04. The first kappa shape index (κ1) is 16.2. The number of carbonyl (C=O) groups excluding carboxylic acids is 1. The summed E-state index contributed by atoms with van der Waals surface area (Å²) in [6, 6.07) is 10.0. The van der Waals surface area contributed by atoms with Crippen LogP contribution in [0, 0.1) is 5.41 Å². The summed E-state index contributed by atoms with van der Waals surface area (Å²) in [6.07, 6.45) is 1.40. The smallest absolute Gasteiger partial charge is 0.254 e. The zero-order valence-corrected chi connectivity index (χ0v) is 14.2. The molecule has 114 valence electrons. The molecule has 1 amide bonds. The summed E-state index contributed by atoms with van der Waals surface area (Å²) < 4.78 is 5.91. The number of rotatable bonds is 7. The molecule has 0 radical (unpaired) electrons. The van der Waals surface area contributed by atoms with Gasteiger partial charge in [-0.15, -0.1) is 6.58 Å². The van der Waals surface area contributed by atoms with Gasteiger partial charge in [0.25, 0.3) is 5.91 Å². The molecular formula is C17H22BrNO2. The van der Waals surface area contributed by atoms with Gasteiger partial charge in [0, 0.05) is 11.9 Å². The Bertz CT molecular complexity index is 501. The van der Waals surface area contributed by atoms with Crippen LogP contribution < -0.4 is 0 Å². The summed E-state index contributed by atoms with van der Waals surface area (Å²) in [6.45, 7) is 9.07. The van der Waals surface area contributed by atoms with Crippen molar-refractivity contribution in [2.24, 2.45) is 5.41 Å². The number of benzene rings is 1. The lowest BCUT2D eigenvalue weighted by Crippen LogP contribution is -2.70. The van der Waals surface area contributed by atoms with E-state index in [-0.39, 0.29) is 23.5 Å². The number of likely N-dealkylation sites (tertiary alicyclic amines) is 1. The van der Waals surface area contributed by atoms with E-state index < -0.39 is 0 Å². The maximum absolute atomic E-state index is 12.3. The molecule has 2 rings (SSSR count). The molecule has 3 nitrogen and oxygen atoms in total. The number of hydrogen-bond acceptors (Lipinski definition) is 2. The second kappa shape index (κ2) is 6.75. The number of carbonyl (C=O) groups is 1. The molecule has 2 atom stereocenters. The molecule has 1 aromatic carbocycles. The third-order valence-electron chi connectivity index (χ3n) is 3.89. The third-order valence-corrected chi connectivity index (χ3v) is 5.34. The molecule has 0 saturated carbocycles. The molecule has 1 aromatic rings. The highest BCUT2D eigenvalue weighted by Crippen LogP contribution is 2.38. The van der Waals surface area contributed by atoms with E-state index in [4.69, 9.17) is 4.74 Å². The van der Waals surface area contributed by atoms with Crippen molar-refractivity contribution in [1.29, 1.82) is 0 Å². The number of amides is 1. The highest BCUT2D eigenvalue weighted by Gasteiger charge is 2.54. The Balaban J connectivity index is 2.06. The van der Waals surface area contributed by atoms with Gasteiger partial charge in [-0.05, 0) is 11.0 Å². The largest absolute Gasteiger partial charge is 0.361 e. The molecule has 0 bridgehead atoms. The van der Waals surface area contributed by atoms with Crippen molar-refractivity contribution < 1.29 is 9.53 Å². The number of alkyl halides is 1. The van der Waals surface area contributed by atoms with E-state index in [9.17, 15) is 4.79 Å². The molecule has 1 fully saturated rings. The molecule has 0 aliphatic carbocycles. The fourth-order valence-corrected chi connectivity index (χ4v) is 3.02. The van der Waals surface area contributed by atoms with E-state index in [1.165, 1.54) is 0 Å². The first-order chi connectivity index (χ1) is 10.0. The summed E-state index contributed by atoms with van der Waals surface area (Å²) in [5, 5.41) is 0.816. The van der Waals surface area contributed by atoms with Gasteiger partial charge in [0.1, 0.15) is 0 Å². The molecule has 0 unspecified atom stereocenters. The van der Waals surface area contributed by atoms with E-state index in [1.54, 1.807) is 6.08 Å². The third kappa shape index (κ3) is 3.38. The fraction of sp³-hybridized carbons (Fsp3) is 0.471. The van der Waals surface area contributed by atoms with Gasteiger partial charge in [-0.1, -0.05) is 66.2 Å². The van der Waals surface area contributed by atoms with Crippen molar-refractivity contribution in [2.45, 2.75) is 32.6 Å². The van der Waals surface area contributed by atoms with Crippen LogP contribution in [0.15, 0.2) is 43.0 Å². The van der Waals surface area contributed by atoms with Gasteiger partial charge < -0.3 is 9.64 Å². The Morgan fingerprint density at radius 1 is 1.38 bits per heavy atom. The Kier molecular flexibility index (Phi) is 5.22. The lowest BCUT2D eigenvalue weighted by molar-refractivity contribution is -0.184. The van der Waals surface area contributed by atoms with E-state index in [2.05, 4.69) is 36.4 Å². The lowest BCUT2D eigenvalue weighted by atomic mass is 9.76. The molecule has 1 aliphatic rings. The number of nitrogens with zero attached hydrogens (tertiary/aromatic N) is 1. The molecule has 21 heavy (non-hydrogen) atoms. The average molecular weight is 352 g/mol. The zero-order chi connectivity index (χ0) is 15.5. The van der Waals surface area contributed by atoms with Gasteiger partial charge >= 0.3 is 0 Å². The van der Waals surface area contributed by atoms with Crippen LogP contribution in [-0.2, 0) is 16.1 Å². The van der Waals surface area contributed by atoms with Crippen LogP contribution in [-0.4, -0.2) is 34.8 Å². The van der Waals surface area contributed by atoms with Crippen LogP contribution in [0.4, 0.5) is 0 Å². The van der Waals surface area contributed by atoms with Crippen molar-refractivity contribution >= 4 is 21.8 Å². The van der Waals surface area contributed by atoms with Crippen LogP contribution in [0.2, 0.25) is 0 Å². The standard InChI is InChI=1S/C17H22BrNO2/c1-4-10-19-15(17(2,3)12-18)14(16(19)20)21-11-13-8-6-5-7-9-13/h4-9,14-15H,1,10-12H2,2-3H3/t14-,15-/m0/s1. The van der Waals surface area contributed by atoms with Gasteiger partial charge in [-0.2, -0.15) is 0 Å². The van der Waals surface area contributed by atoms with Gasteiger partial charge in [0.15, 0.2) is 6.10 Å². The fourth-order valence-electron chi connectivity index (χ4n) is 2.69. The first-order valence-electron chi connectivity index (χ1n) is 7.14. The topological polar surface area (TPSA) is 29.5 Å². The number of halogens is 1. The quantitative estimate of drug-likeness (QED) is 0.428. The van der Waals surface area contributed by atoms with E-state index in [1.807, 2.05) is 35.2 Å². The Labute approximate surface area is 135 Å². The minimum Gasteiger partial charge on any atom is -0.361 e. The summed E-state index contributed by atoms with van der Waals surface area (Å²) in [5.74, 6) is 0.0601. The summed E-state index contributed by atoms with van der Waals surface area (Å²) in [7, 11) is 0. The van der Waals surface area contributed by atoms with E-state index in [0.717, 1.165) is 10.9 Å². The van der Waals surface area contributed by atoms with Gasteiger partial charge in [0.05, 0.1) is 12.6 Å². The molecule has 0 spiro atoms. The van der Waals surface area contributed by atoms with Crippen LogP contribution in [0.3, 0.4) is 0 Å². The molecule has 0 aromatic heterocycles. The van der Waals surface area contributed by atoms with Gasteiger partial charge in [0.2, 0.25) is 0 Å². The van der Waals surface area contributed by atoms with Crippen LogP contribution >= 0.6 is 15.9 Å². The lowest BCUT2D eigenvalue weighted by Gasteiger charge is -2.53. The van der Waals surface area contributed by atoms with Crippen LogP contribution in [0.25, 0.3) is 0 Å². The minimum absolute atomic E-state index is 0.0434.